The molecule has 2 amide bonds. The molecule has 0 bridgehead atoms. The smallest absolute Gasteiger partial charge is 0.236 e. The van der Waals surface area contributed by atoms with Crippen molar-refractivity contribution in [2.24, 2.45) is 22.2 Å². The maximum atomic E-state index is 12.6. The number of nitrogens with two attached hydrogens (primary N) is 1. The van der Waals surface area contributed by atoms with E-state index in [0.29, 0.717) is 32.4 Å². The summed E-state index contributed by atoms with van der Waals surface area (Å²) in [6.07, 6.45) is 1.74. The van der Waals surface area contributed by atoms with E-state index in [2.05, 4.69) is 10.5 Å². The zero-order valence-electron chi connectivity index (χ0n) is 12.3. The summed E-state index contributed by atoms with van der Waals surface area (Å²) in [6, 6.07) is 0. The number of rotatable bonds is 4. The topological polar surface area (TPSA) is 108 Å². The van der Waals surface area contributed by atoms with Crippen LogP contribution in [0.2, 0.25) is 0 Å². The third-order valence-electron chi connectivity index (χ3n) is 4.25. The van der Waals surface area contributed by atoms with Crippen LogP contribution in [0.5, 0.6) is 0 Å². The van der Waals surface area contributed by atoms with Crippen LogP contribution in [0.15, 0.2) is 5.16 Å². The Morgan fingerprint density at radius 2 is 2.00 bits per heavy atom. The molecule has 0 aromatic heterocycles. The fourth-order valence-corrected chi connectivity index (χ4v) is 2.45. The summed E-state index contributed by atoms with van der Waals surface area (Å²) in [5, 5.41) is 14.5. The molecule has 1 aliphatic heterocycles. The van der Waals surface area contributed by atoms with Crippen LogP contribution in [-0.4, -0.2) is 47.9 Å². The Labute approximate surface area is 119 Å². The zero-order valence-corrected chi connectivity index (χ0v) is 12.3. The van der Waals surface area contributed by atoms with Gasteiger partial charge in [0.2, 0.25) is 11.8 Å². The number of carbonyl (C=O) groups is 2. The van der Waals surface area contributed by atoms with Gasteiger partial charge in [0.1, 0.15) is 5.41 Å². The lowest BCUT2D eigenvalue weighted by Crippen LogP contribution is -2.52. The van der Waals surface area contributed by atoms with E-state index in [9.17, 15) is 9.59 Å². The second-order valence-corrected chi connectivity index (χ2v) is 5.35. The molecule has 0 radical (unpaired) electrons. The Kier molecular flexibility index (Phi) is 5.35. The Balaban J connectivity index is 2.73. The highest BCUT2D eigenvalue weighted by atomic mass is 16.4. The Morgan fingerprint density at radius 3 is 2.40 bits per heavy atom. The molecule has 0 spiro atoms. The van der Waals surface area contributed by atoms with E-state index in [1.807, 2.05) is 6.92 Å². The molecular formula is C13H24N4O3. The average Bonchev–Trinajstić information content (AvgIpc) is 2.51. The highest BCUT2D eigenvalue weighted by Crippen LogP contribution is 2.27. The summed E-state index contributed by atoms with van der Waals surface area (Å²) in [5.74, 6) is -0.239. The van der Waals surface area contributed by atoms with E-state index >= 15 is 0 Å². The molecule has 0 aromatic rings. The summed E-state index contributed by atoms with van der Waals surface area (Å²) in [7, 11) is 1.62. The Bertz CT molecular complexity index is 402. The maximum Gasteiger partial charge on any atom is 0.236 e. The molecule has 1 rings (SSSR count). The quantitative estimate of drug-likeness (QED) is 0.295. The van der Waals surface area contributed by atoms with Gasteiger partial charge < -0.3 is 21.2 Å². The van der Waals surface area contributed by atoms with Crippen molar-refractivity contribution < 1.29 is 14.8 Å². The van der Waals surface area contributed by atoms with Crippen LogP contribution < -0.4 is 11.1 Å². The predicted molar refractivity (Wildman–Crippen MR) is 75.2 cm³/mol. The summed E-state index contributed by atoms with van der Waals surface area (Å²) < 4.78 is 0. The summed E-state index contributed by atoms with van der Waals surface area (Å²) >= 11 is 0. The molecule has 0 aliphatic carbocycles. The molecular weight excluding hydrogens is 260 g/mol. The minimum atomic E-state index is -0.991. The van der Waals surface area contributed by atoms with E-state index in [1.165, 1.54) is 0 Å². The van der Waals surface area contributed by atoms with Crippen LogP contribution in [-0.2, 0) is 9.59 Å². The Hall–Kier alpha value is -1.79. The van der Waals surface area contributed by atoms with Crippen molar-refractivity contribution in [3.8, 4) is 0 Å². The number of nitrogens with zero attached hydrogens (tertiary/aromatic N) is 2. The Morgan fingerprint density at radius 1 is 1.45 bits per heavy atom. The average molecular weight is 284 g/mol. The molecule has 4 N–H and O–H groups in total. The van der Waals surface area contributed by atoms with Gasteiger partial charge in [-0.15, -0.1) is 0 Å². The molecule has 114 valence electrons. The standard InChI is InChI=1S/C13H24N4O3/c1-4-13(2,11(14)16-20)12(19)17-7-5-9(6-8-17)10(18)15-3/h9,20H,4-8H2,1-3H3,(H2,14,16)(H,15,18). The van der Waals surface area contributed by atoms with Crippen LogP contribution in [0.1, 0.15) is 33.1 Å². The van der Waals surface area contributed by atoms with Gasteiger partial charge in [0.05, 0.1) is 0 Å². The number of oxime groups is 1. The molecule has 20 heavy (non-hydrogen) atoms. The van der Waals surface area contributed by atoms with Crippen LogP contribution in [0.25, 0.3) is 0 Å². The zero-order chi connectivity index (χ0) is 15.3. The second kappa shape index (κ2) is 6.58. The largest absolute Gasteiger partial charge is 0.409 e. The third kappa shape index (κ3) is 3.02. The van der Waals surface area contributed by atoms with Crippen molar-refractivity contribution in [3.63, 3.8) is 0 Å². The van der Waals surface area contributed by atoms with Gasteiger partial charge >= 0.3 is 0 Å². The molecule has 0 saturated carbocycles. The lowest BCUT2D eigenvalue weighted by molar-refractivity contribution is -0.141. The molecule has 1 heterocycles. The molecule has 0 aromatic carbocycles. The fraction of sp³-hybridized carbons (Fsp3) is 0.769. The van der Waals surface area contributed by atoms with E-state index < -0.39 is 5.41 Å². The number of hydrogen-bond donors (Lipinski definition) is 3. The molecule has 7 heteroatoms. The predicted octanol–water partition coefficient (Wildman–Crippen LogP) is 0.134. The fourth-order valence-electron chi connectivity index (χ4n) is 2.45. The van der Waals surface area contributed by atoms with Crippen LogP contribution >= 0.6 is 0 Å². The number of amides is 2. The van der Waals surface area contributed by atoms with E-state index in [1.54, 1.807) is 18.9 Å². The van der Waals surface area contributed by atoms with Gasteiger partial charge in [0.25, 0.3) is 0 Å². The summed E-state index contributed by atoms with van der Waals surface area (Å²) in [5.41, 5.74) is 4.66. The van der Waals surface area contributed by atoms with Crippen LogP contribution in [0.4, 0.5) is 0 Å². The van der Waals surface area contributed by atoms with Crippen molar-refractivity contribution >= 4 is 17.6 Å². The number of carbonyl (C=O) groups excluding carboxylic acids is 2. The highest BCUT2D eigenvalue weighted by molar-refractivity contribution is 6.06. The second-order valence-electron chi connectivity index (χ2n) is 5.35. The molecule has 1 unspecified atom stereocenters. The summed E-state index contributed by atoms with van der Waals surface area (Å²) in [6.45, 7) is 4.54. The normalized spacial score (nSPS) is 20.4. The first-order valence-corrected chi connectivity index (χ1v) is 6.89. The number of nitrogens with one attached hydrogen (secondary N) is 1. The van der Waals surface area contributed by atoms with Gasteiger partial charge in [-0.05, 0) is 26.2 Å². The minimum absolute atomic E-state index is 0.0202. The van der Waals surface area contributed by atoms with Crippen molar-refractivity contribution in [2.45, 2.75) is 33.1 Å². The minimum Gasteiger partial charge on any atom is -0.409 e. The molecule has 1 fully saturated rings. The summed E-state index contributed by atoms with van der Waals surface area (Å²) in [4.78, 5) is 25.8. The monoisotopic (exact) mass is 284 g/mol. The van der Waals surface area contributed by atoms with Gasteiger partial charge in [-0.2, -0.15) is 0 Å². The van der Waals surface area contributed by atoms with E-state index in [4.69, 9.17) is 10.9 Å². The van der Waals surface area contributed by atoms with Gasteiger partial charge in [-0.3, -0.25) is 9.59 Å². The first kappa shape index (κ1) is 16.3. The van der Waals surface area contributed by atoms with Crippen molar-refractivity contribution in [2.75, 3.05) is 20.1 Å². The van der Waals surface area contributed by atoms with Gasteiger partial charge in [-0.1, -0.05) is 12.1 Å². The number of amidine groups is 1. The molecule has 7 nitrogen and oxygen atoms in total. The SMILES string of the molecule is CCC(C)(C(=O)N1CCC(C(=O)NC)CC1)C(N)=NO. The van der Waals surface area contributed by atoms with Crippen LogP contribution in [0, 0.1) is 11.3 Å². The van der Waals surface area contributed by atoms with Crippen molar-refractivity contribution in [3.05, 3.63) is 0 Å². The maximum absolute atomic E-state index is 12.6. The highest BCUT2D eigenvalue weighted by Gasteiger charge is 2.40. The molecule has 1 saturated heterocycles. The van der Waals surface area contributed by atoms with E-state index in [0.717, 1.165) is 0 Å². The van der Waals surface area contributed by atoms with Gasteiger partial charge in [-0.25, -0.2) is 0 Å². The van der Waals surface area contributed by atoms with Crippen molar-refractivity contribution in [1.29, 1.82) is 0 Å². The number of likely N-dealkylation sites (tertiary alicyclic amines) is 1. The lowest BCUT2D eigenvalue weighted by Gasteiger charge is -2.37. The van der Waals surface area contributed by atoms with E-state index in [-0.39, 0.29) is 23.6 Å². The van der Waals surface area contributed by atoms with Gasteiger partial charge in [0, 0.05) is 26.1 Å². The number of piperidine rings is 1. The van der Waals surface area contributed by atoms with Crippen molar-refractivity contribution in [1.82, 2.24) is 10.2 Å². The third-order valence-corrected chi connectivity index (χ3v) is 4.25. The molecule has 1 atom stereocenters. The number of hydrogen-bond acceptors (Lipinski definition) is 4. The lowest BCUT2D eigenvalue weighted by atomic mass is 9.83. The van der Waals surface area contributed by atoms with Gasteiger partial charge in [0.15, 0.2) is 5.84 Å². The van der Waals surface area contributed by atoms with Crippen LogP contribution in [0.3, 0.4) is 0 Å². The first-order chi connectivity index (χ1) is 9.40. The first-order valence-electron chi connectivity index (χ1n) is 6.89. The molecule has 1 aliphatic rings.